The number of carbonyl (C=O) groups is 1. The van der Waals surface area contributed by atoms with Gasteiger partial charge in [-0.25, -0.2) is 0 Å². The fraction of sp³-hybridized carbons (Fsp3) is 0.909. The molecule has 0 saturated carbocycles. The minimum Gasteiger partial charge on any atom is -0.393 e. The lowest BCUT2D eigenvalue weighted by Crippen LogP contribution is -2.46. The van der Waals surface area contributed by atoms with E-state index in [-0.39, 0.29) is 18.1 Å². The van der Waals surface area contributed by atoms with E-state index in [1.54, 1.807) is 6.92 Å². The molecule has 1 fully saturated rings. The van der Waals surface area contributed by atoms with Gasteiger partial charge in [-0.15, -0.1) is 0 Å². The third-order valence-corrected chi connectivity index (χ3v) is 2.72. The third-order valence-electron chi connectivity index (χ3n) is 2.72. The molecule has 0 radical (unpaired) electrons. The van der Waals surface area contributed by atoms with Crippen molar-refractivity contribution in [1.29, 1.82) is 0 Å². The highest BCUT2D eigenvalue weighted by atomic mass is 16.3. The van der Waals surface area contributed by atoms with Gasteiger partial charge in [0, 0.05) is 6.54 Å². The van der Waals surface area contributed by atoms with Gasteiger partial charge < -0.3 is 15.7 Å². The summed E-state index contributed by atoms with van der Waals surface area (Å²) in [6.45, 7) is 3.39. The molecule has 0 aliphatic carbocycles. The molecular formula is C11H22N2O2. The monoisotopic (exact) mass is 214 g/mol. The largest absolute Gasteiger partial charge is 0.393 e. The first-order valence-corrected chi connectivity index (χ1v) is 5.89. The highest BCUT2D eigenvalue weighted by Crippen LogP contribution is 2.06. The van der Waals surface area contributed by atoms with Crippen LogP contribution in [0.25, 0.3) is 0 Å². The SMILES string of the molecule is CC(O)CCCNC(=O)[C@H]1CCCCN1. The van der Waals surface area contributed by atoms with E-state index in [4.69, 9.17) is 5.11 Å². The Morgan fingerprint density at radius 3 is 3.00 bits per heavy atom. The molecule has 1 aliphatic heterocycles. The van der Waals surface area contributed by atoms with Crippen LogP contribution in [0.5, 0.6) is 0 Å². The third kappa shape index (κ3) is 5.14. The molecule has 0 bridgehead atoms. The Bertz CT molecular complexity index is 189. The molecule has 1 rings (SSSR count). The topological polar surface area (TPSA) is 61.4 Å². The second-order valence-corrected chi connectivity index (χ2v) is 4.28. The van der Waals surface area contributed by atoms with Gasteiger partial charge in [-0.1, -0.05) is 6.42 Å². The lowest BCUT2D eigenvalue weighted by molar-refractivity contribution is -0.123. The highest BCUT2D eigenvalue weighted by Gasteiger charge is 2.19. The predicted octanol–water partition coefficient (Wildman–Crippen LogP) is 0.406. The Morgan fingerprint density at radius 2 is 2.40 bits per heavy atom. The smallest absolute Gasteiger partial charge is 0.237 e. The van der Waals surface area contributed by atoms with Crippen LogP contribution in [-0.4, -0.2) is 36.2 Å². The van der Waals surface area contributed by atoms with Gasteiger partial charge in [-0.2, -0.15) is 0 Å². The van der Waals surface area contributed by atoms with Gasteiger partial charge in [0.25, 0.3) is 0 Å². The number of hydrogen-bond acceptors (Lipinski definition) is 3. The molecule has 1 amide bonds. The molecule has 1 heterocycles. The number of piperidine rings is 1. The Balaban J connectivity index is 2.07. The molecular weight excluding hydrogens is 192 g/mol. The van der Waals surface area contributed by atoms with Crippen molar-refractivity contribution in [2.45, 2.75) is 51.2 Å². The van der Waals surface area contributed by atoms with Crippen LogP contribution in [0, 0.1) is 0 Å². The quantitative estimate of drug-likeness (QED) is 0.581. The van der Waals surface area contributed by atoms with Crippen LogP contribution >= 0.6 is 0 Å². The average Bonchev–Trinajstić information content (AvgIpc) is 2.25. The van der Waals surface area contributed by atoms with Gasteiger partial charge in [0.2, 0.25) is 5.91 Å². The standard InChI is InChI=1S/C11H22N2O2/c1-9(14)5-4-8-13-11(15)10-6-2-3-7-12-10/h9-10,12,14H,2-8H2,1H3,(H,13,15)/t9?,10-/m1/s1. The van der Waals surface area contributed by atoms with Gasteiger partial charge in [0.1, 0.15) is 0 Å². The normalized spacial score (nSPS) is 23.5. The summed E-state index contributed by atoms with van der Waals surface area (Å²) in [6, 6.07) is 0.00491. The first-order valence-electron chi connectivity index (χ1n) is 5.89. The van der Waals surface area contributed by atoms with E-state index in [1.807, 2.05) is 0 Å². The van der Waals surface area contributed by atoms with Gasteiger partial charge in [-0.3, -0.25) is 4.79 Å². The summed E-state index contributed by atoms with van der Waals surface area (Å²) in [5.74, 6) is 0.111. The van der Waals surface area contributed by atoms with Crippen LogP contribution in [0.15, 0.2) is 0 Å². The Hall–Kier alpha value is -0.610. The van der Waals surface area contributed by atoms with E-state index in [1.165, 1.54) is 6.42 Å². The fourth-order valence-corrected chi connectivity index (χ4v) is 1.81. The summed E-state index contributed by atoms with van der Waals surface area (Å²) in [5.41, 5.74) is 0. The molecule has 4 nitrogen and oxygen atoms in total. The number of aliphatic hydroxyl groups excluding tert-OH is 1. The van der Waals surface area contributed by atoms with Crippen LogP contribution in [0.3, 0.4) is 0 Å². The molecule has 1 aliphatic rings. The zero-order valence-corrected chi connectivity index (χ0v) is 9.46. The molecule has 88 valence electrons. The van der Waals surface area contributed by atoms with E-state index in [2.05, 4.69) is 10.6 Å². The molecule has 1 unspecified atom stereocenters. The predicted molar refractivity (Wildman–Crippen MR) is 59.6 cm³/mol. The van der Waals surface area contributed by atoms with Gasteiger partial charge in [0.15, 0.2) is 0 Å². The number of aliphatic hydroxyl groups is 1. The van der Waals surface area contributed by atoms with Crippen LogP contribution < -0.4 is 10.6 Å². The summed E-state index contributed by atoms with van der Waals surface area (Å²) < 4.78 is 0. The van der Waals surface area contributed by atoms with E-state index in [0.717, 1.165) is 32.2 Å². The van der Waals surface area contributed by atoms with Crippen molar-refractivity contribution >= 4 is 5.91 Å². The van der Waals surface area contributed by atoms with Crippen LogP contribution in [0.4, 0.5) is 0 Å². The van der Waals surface area contributed by atoms with Crippen molar-refractivity contribution in [1.82, 2.24) is 10.6 Å². The molecule has 0 aromatic carbocycles. The van der Waals surface area contributed by atoms with Crippen molar-refractivity contribution in [2.24, 2.45) is 0 Å². The zero-order valence-electron chi connectivity index (χ0n) is 9.46. The number of rotatable bonds is 5. The first-order chi connectivity index (χ1) is 7.20. The maximum atomic E-state index is 11.6. The fourth-order valence-electron chi connectivity index (χ4n) is 1.81. The van der Waals surface area contributed by atoms with Crippen LogP contribution in [0.1, 0.15) is 39.0 Å². The van der Waals surface area contributed by atoms with Crippen molar-refractivity contribution in [2.75, 3.05) is 13.1 Å². The van der Waals surface area contributed by atoms with Gasteiger partial charge in [0.05, 0.1) is 12.1 Å². The Morgan fingerprint density at radius 1 is 1.60 bits per heavy atom. The molecule has 3 N–H and O–H groups in total. The molecule has 1 saturated heterocycles. The van der Waals surface area contributed by atoms with Crippen molar-refractivity contribution < 1.29 is 9.90 Å². The molecule has 15 heavy (non-hydrogen) atoms. The number of amides is 1. The van der Waals surface area contributed by atoms with Gasteiger partial charge >= 0.3 is 0 Å². The van der Waals surface area contributed by atoms with E-state index in [9.17, 15) is 4.79 Å². The minimum absolute atomic E-state index is 0.00491. The molecule has 0 aromatic heterocycles. The Kier molecular flexibility index (Phi) is 5.65. The number of hydrogen-bond donors (Lipinski definition) is 3. The average molecular weight is 214 g/mol. The number of carbonyl (C=O) groups excluding carboxylic acids is 1. The summed E-state index contributed by atoms with van der Waals surface area (Å²) in [5, 5.41) is 15.1. The lowest BCUT2D eigenvalue weighted by Gasteiger charge is -2.22. The lowest BCUT2D eigenvalue weighted by atomic mass is 10.0. The van der Waals surface area contributed by atoms with E-state index in [0.29, 0.717) is 6.54 Å². The van der Waals surface area contributed by atoms with Crippen molar-refractivity contribution in [3.8, 4) is 0 Å². The second kappa shape index (κ2) is 6.80. The van der Waals surface area contributed by atoms with Crippen molar-refractivity contribution in [3.05, 3.63) is 0 Å². The maximum absolute atomic E-state index is 11.6. The van der Waals surface area contributed by atoms with Gasteiger partial charge in [-0.05, 0) is 39.2 Å². The Labute approximate surface area is 91.4 Å². The summed E-state index contributed by atoms with van der Waals surface area (Å²) in [4.78, 5) is 11.6. The van der Waals surface area contributed by atoms with Crippen LogP contribution in [-0.2, 0) is 4.79 Å². The minimum atomic E-state index is -0.269. The highest BCUT2D eigenvalue weighted by molar-refractivity contribution is 5.81. The van der Waals surface area contributed by atoms with Crippen LogP contribution in [0.2, 0.25) is 0 Å². The number of nitrogens with one attached hydrogen (secondary N) is 2. The maximum Gasteiger partial charge on any atom is 0.237 e. The summed E-state index contributed by atoms with van der Waals surface area (Å²) >= 11 is 0. The summed E-state index contributed by atoms with van der Waals surface area (Å²) in [7, 11) is 0. The zero-order chi connectivity index (χ0) is 11.1. The molecule has 0 spiro atoms. The first kappa shape index (κ1) is 12.5. The van der Waals surface area contributed by atoms with E-state index < -0.39 is 0 Å². The molecule has 4 heteroatoms. The van der Waals surface area contributed by atoms with E-state index >= 15 is 0 Å². The summed E-state index contributed by atoms with van der Waals surface area (Å²) in [6.07, 6.45) is 4.58. The van der Waals surface area contributed by atoms with Crippen molar-refractivity contribution in [3.63, 3.8) is 0 Å². The second-order valence-electron chi connectivity index (χ2n) is 4.28. The molecule has 2 atom stereocenters. The molecule has 0 aromatic rings.